The average molecular weight is 345 g/mol. The van der Waals surface area contributed by atoms with Crippen LogP contribution in [0.15, 0.2) is 16.7 Å². The molecule has 0 aliphatic rings. The van der Waals surface area contributed by atoms with E-state index in [4.69, 9.17) is 11.6 Å². The van der Waals surface area contributed by atoms with E-state index in [1.165, 1.54) is 12.8 Å². The first-order valence-electron chi connectivity index (χ1n) is 6.76. The molecular weight excluding hydrogens is 326 g/mol. The van der Waals surface area contributed by atoms with Gasteiger partial charge in [0.2, 0.25) is 0 Å². The minimum atomic E-state index is 0.591. The van der Waals surface area contributed by atoms with E-state index in [1.54, 1.807) is 0 Å². The monoisotopic (exact) mass is 343 g/mol. The molecule has 0 N–H and O–H groups in total. The highest BCUT2D eigenvalue weighted by Gasteiger charge is 2.14. The third-order valence-electron chi connectivity index (χ3n) is 3.54. The van der Waals surface area contributed by atoms with Gasteiger partial charge in [0.25, 0.3) is 0 Å². The van der Waals surface area contributed by atoms with Gasteiger partial charge in [-0.2, -0.15) is 0 Å². The van der Waals surface area contributed by atoms with E-state index in [0.29, 0.717) is 11.8 Å². The Hall–Kier alpha value is -0.610. The molecule has 5 heteroatoms. The van der Waals surface area contributed by atoms with E-state index in [9.17, 15) is 0 Å². The summed E-state index contributed by atoms with van der Waals surface area (Å²) in [6.45, 7) is 5.45. The summed E-state index contributed by atoms with van der Waals surface area (Å²) < 4.78 is 3.20. The molecule has 0 aliphatic carbocycles. The number of aryl methyl sites for hydroxylation is 1. The van der Waals surface area contributed by atoms with Crippen molar-refractivity contribution in [2.24, 2.45) is 5.92 Å². The van der Waals surface area contributed by atoms with Crippen LogP contribution in [-0.4, -0.2) is 20.4 Å². The number of pyridine rings is 1. The summed E-state index contributed by atoms with van der Waals surface area (Å²) >= 11 is 9.33. The fourth-order valence-electron chi connectivity index (χ4n) is 2.31. The second kappa shape index (κ2) is 6.71. The highest BCUT2D eigenvalue weighted by atomic mass is 79.9. The van der Waals surface area contributed by atoms with E-state index in [-0.39, 0.29) is 0 Å². The van der Waals surface area contributed by atoms with E-state index in [0.717, 1.165) is 34.4 Å². The molecule has 2 heterocycles. The molecule has 0 unspecified atom stereocenters. The lowest BCUT2D eigenvalue weighted by Gasteiger charge is -2.15. The lowest BCUT2D eigenvalue weighted by Crippen LogP contribution is -2.13. The molecule has 0 fully saturated rings. The quantitative estimate of drug-likeness (QED) is 0.727. The van der Waals surface area contributed by atoms with Gasteiger partial charge < -0.3 is 4.57 Å². The van der Waals surface area contributed by atoms with Crippen LogP contribution in [-0.2, 0) is 13.0 Å². The number of fused-ring (bicyclic) bond motifs is 1. The van der Waals surface area contributed by atoms with E-state index in [2.05, 4.69) is 44.3 Å². The van der Waals surface area contributed by atoms with Crippen LogP contribution in [0.3, 0.4) is 0 Å². The van der Waals surface area contributed by atoms with Crippen LogP contribution in [0.5, 0.6) is 0 Å². The van der Waals surface area contributed by atoms with Gasteiger partial charge in [0, 0.05) is 29.5 Å². The molecule has 0 saturated carbocycles. The molecule has 2 aromatic rings. The normalized spacial score (nSPS) is 11.6. The third kappa shape index (κ3) is 3.29. The Morgan fingerprint density at radius 3 is 2.74 bits per heavy atom. The summed E-state index contributed by atoms with van der Waals surface area (Å²) in [7, 11) is 0. The van der Waals surface area contributed by atoms with Gasteiger partial charge in [-0.15, -0.1) is 11.6 Å². The van der Waals surface area contributed by atoms with Crippen molar-refractivity contribution >= 4 is 38.7 Å². The first kappa shape index (κ1) is 14.8. The van der Waals surface area contributed by atoms with Gasteiger partial charge in [0.05, 0.1) is 0 Å². The smallest absolute Gasteiger partial charge is 0.160 e. The Morgan fingerprint density at radius 1 is 1.37 bits per heavy atom. The van der Waals surface area contributed by atoms with Crippen LogP contribution in [0.25, 0.3) is 11.2 Å². The zero-order valence-electron chi connectivity index (χ0n) is 11.4. The molecule has 3 nitrogen and oxygen atoms in total. The maximum Gasteiger partial charge on any atom is 0.160 e. The molecule has 0 aliphatic heterocycles. The number of rotatable bonds is 6. The Kier molecular flexibility index (Phi) is 5.22. The van der Waals surface area contributed by atoms with Crippen LogP contribution in [0, 0.1) is 5.92 Å². The van der Waals surface area contributed by atoms with Gasteiger partial charge in [-0.1, -0.05) is 26.7 Å². The number of hydrogen-bond donors (Lipinski definition) is 0. The number of alkyl halides is 1. The van der Waals surface area contributed by atoms with Crippen LogP contribution >= 0.6 is 27.5 Å². The first-order valence-corrected chi connectivity index (χ1v) is 8.08. The molecule has 0 atom stereocenters. The highest BCUT2D eigenvalue weighted by Crippen LogP contribution is 2.22. The van der Waals surface area contributed by atoms with Crippen LogP contribution in [0.2, 0.25) is 0 Å². The van der Waals surface area contributed by atoms with Crippen molar-refractivity contribution in [1.29, 1.82) is 0 Å². The number of hydrogen-bond acceptors (Lipinski definition) is 2. The number of aromatic nitrogens is 3. The molecule has 2 aromatic heterocycles. The number of nitrogens with zero attached hydrogens (tertiary/aromatic N) is 3. The van der Waals surface area contributed by atoms with Gasteiger partial charge in [0.15, 0.2) is 5.65 Å². The maximum atomic E-state index is 5.89. The second-order valence-electron chi connectivity index (χ2n) is 4.76. The summed E-state index contributed by atoms with van der Waals surface area (Å²) in [5.74, 6) is 2.30. The second-order valence-corrected chi connectivity index (χ2v) is 6.05. The molecule has 0 radical (unpaired) electrons. The van der Waals surface area contributed by atoms with Crippen LogP contribution in [0.4, 0.5) is 0 Å². The summed E-state index contributed by atoms with van der Waals surface area (Å²) in [5, 5.41) is 0. The lowest BCUT2D eigenvalue weighted by atomic mass is 10.0. The van der Waals surface area contributed by atoms with Gasteiger partial charge >= 0.3 is 0 Å². The maximum absolute atomic E-state index is 5.89. The van der Waals surface area contributed by atoms with Crippen molar-refractivity contribution in [1.82, 2.24) is 14.5 Å². The topological polar surface area (TPSA) is 30.7 Å². The van der Waals surface area contributed by atoms with Crippen molar-refractivity contribution < 1.29 is 0 Å². The SMILES string of the molecule is CCC(CC)Cn1c(CCCl)nc2cc(Br)cnc21. The Morgan fingerprint density at radius 2 is 2.11 bits per heavy atom. The molecule has 2 rings (SSSR count). The summed E-state index contributed by atoms with van der Waals surface area (Å²) in [6, 6.07) is 2.02. The fourth-order valence-corrected chi connectivity index (χ4v) is 2.79. The van der Waals surface area contributed by atoms with Gasteiger partial charge in [-0.25, -0.2) is 9.97 Å². The molecule has 0 saturated heterocycles. The summed E-state index contributed by atoms with van der Waals surface area (Å²) in [5.41, 5.74) is 1.91. The van der Waals surface area contributed by atoms with E-state index >= 15 is 0 Å². The van der Waals surface area contributed by atoms with Crippen molar-refractivity contribution in [3.05, 3.63) is 22.6 Å². The van der Waals surface area contributed by atoms with E-state index in [1.807, 2.05) is 12.3 Å². The molecule has 0 aromatic carbocycles. The van der Waals surface area contributed by atoms with Gasteiger partial charge in [-0.05, 0) is 27.9 Å². The highest BCUT2D eigenvalue weighted by molar-refractivity contribution is 9.10. The predicted octanol–water partition coefficient (Wildman–Crippen LogP) is 4.41. The molecular formula is C14H19BrClN3. The van der Waals surface area contributed by atoms with Crippen molar-refractivity contribution in [2.45, 2.75) is 39.7 Å². The Labute approximate surface area is 127 Å². The lowest BCUT2D eigenvalue weighted by molar-refractivity contribution is 0.416. The van der Waals surface area contributed by atoms with Crippen LogP contribution in [0.1, 0.15) is 32.5 Å². The standard InChI is InChI=1S/C14H19BrClN3/c1-3-10(4-2)9-19-13(5-6-16)18-12-7-11(15)8-17-14(12)19/h7-8,10H,3-6,9H2,1-2H3. The predicted molar refractivity (Wildman–Crippen MR) is 83.7 cm³/mol. The van der Waals surface area contributed by atoms with Crippen molar-refractivity contribution in [2.75, 3.05) is 5.88 Å². The fraction of sp³-hybridized carbons (Fsp3) is 0.571. The number of imidazole rings is 1. The minimum Gasteiger partial charge on any atom is -0.312 e. The van der Waals surface area contributed by atoms with Gasteiger partial charge in [0.1, 0.15) is 11.3 Å². The molecule has 104 valence electrons. The summed E-state index contributed by atoms with van der Waals surface area (Å²) in [4.78, 5) is 9.19. The Bertz CT molecular complexity index is 549. The molecule has 0 spiro atoms. The molecule has 0 bridgehead atoms. The summed E-state index contributed by atoms with van der Waals surface area (Å²) in [6.07, 6.45) is 4.97. The number of halogens is 2. The zero-order chi connectivity index (χ0) is 13.8. The Balaban J connectivity index is 2.45. The van der Waals surface area contributed by atoms with E-state index < -0.39 is 0 Å². The third-order valence-corrected chi connectivity index (χ3v) is 4.17. The average Bonchev–Trinajstić information content (AvgIpc) is 2.73. The molecule has 19 heavy (non-hydrogen) atoms. The van der Waals surface area contributed by atoms with Gasteiger partial charge in [-0.3, -0.25) is 0 Å². The first-order chi connectivity index (χ1) is 9.19. The molecule has 0 amide bonds. The van der Waals surface area contributed by atoms with Crippen LogP contribution < -0.4 is 0 Å². The van der Waals surface area contributed by atoms with Crippen molar-refractivity contribution in [3.63, 3.8) is 0 Å². The van der Waals surface area contributed by atoms with Crippen molar-refractivity contribution in [3.8, 4) is 0 Å². The largest absolute Gasteiger partial charge is 0.312 e. The minimum absolute atomic E-state index is 0.591. The zero-order valence-corrected chi connectivity index (χ0v) is 13.7.